The van der Waals surface area contributed by atoms with E-state index in [0.29, 0.717) is 11.3 Å². The first-order chi connectivity index (χ1) is 18.5. The maximum absolute atomic E-state index is 13.2. The van der Waals surface area contributed by atoms with Gasteiger partial charge in [0.25, 0.3) is 0 Å². The summed E-state index contributed by atoms with van der Waals surface area (Å²) < 4.78 is 5.36. The van der Waals surface area contributed by atoms with Gasteiger partial charge in [0.1, 0.15) is 17.2 Å². The van der Waals surface area contributed by atoms with E-state index in [1.807, 2.05) is 0 Å². The molecule has 3 rings (SSSR count). The number of halogens is 1. The number of carboxylic acid groups (broad SMARTS) is 1. The van der Waals surface area contributed by atoms with Crippen molar-refractivity contribution in [3.8, 4) is 5.75 Å². The van der Waals surface area contributed by atoms with Crippen molar-refractivity contribution in [3.05, 3.63) is 74.9 Å². The van der Waals surface area contributed by atoms with Crippen LogP contribution < -0.4 is 27.0 Å². The molecule has 1 aromatic heterocycles. The summed E-state index contributed by atoms with van der Waals surface area (Å²) in [7, 11) is 1.41. The number of benzene rings is 2. The molecular weight excluding hydrogens is 552 g/mol. The van der Waals surface area contributed by atoms with Crippen LogP contribution in [0.15, 0.2) is 58.9 Å². The van der Waals surface area contributed by atoms with Crippen LogP contribution in [0.5, 0.6) is 5.75 Å². The minimum absolute atomic E-state index is 0.0676. The Morgan fingerprint density at radius 2 is 1.74 bits per heavy atom. The van der Waals surface area contributed by atoms with Crippen LogP contribution in [0.25, 0.3) is 0 Å². The number of hydrogen-bond acceptors (Lipinski definition) is 9. The summed E-state index contributed by atoms with van der Waals surface area (Å²) in [6.45, 7) is -0.732. The van der Waals surface area contributed by atoms with Crippen LogP contribution in [-0.4, -0.2) is 53.5 Å². The van der Waals surface area contributed by atoms with E-state index in [2.05, 4.69) is 9.83 Å². The number of thiophene rings is 1. The van der Waals surface area contributed by atoms with Gasteiger partial charge in [-0.15, -0.1) is 11.3 Å². The van der Waals surface area contributed by atoms with Gasteiger partial charge in [0, 0.05) is 19.7 Å². The number of anilines is 1. The molecule has 0 saturated heterocycles. The Hall–Kier alpha value is -4.66. The molecule has 0 aliphatic rings. The molecule has 0 fully saturated rings. The van der Waals surface area contributed by atoms with Gasteiger partial charge in [0.15, 0.2) is 5.96 Å². The summed E-state index contributed by atoms with van der Waals surface area (Å²) >= 11 is 7.41. The average Bonchev–Trinajstić information content (AvgIpc) is 3.35. The lowest BCUT2D eigenvalue weighted by molar-refractivity contribution is -0.137. The predicted molar refractivity (Wildman–Crippen MR) is 144 cm³/mol. The van der Waals surface area contributed by atoms with Crippen LogP contribution in [0.4, 0.5) is 16.2 Å². The second-order valence-corrected chi connectivity index (χ2v) is 9.22. The fraction of sp³-hybridized carbons (Fsp3) is 0.125. The number of urea groups is 1. The van der Waals surface area contributed by atoms with E-state index in [9.17, 15) is 24.3 Å². The van der Waals surface area contributed by atoms with Gasteiger partial charge >= 0.3 is 23.9 Å². The van der Waals surface area contributed by atoms with Gasteiger partial charge in [-0.1, -0.05) is 11.6 Å². The Bertz CT molecular complexity index is 1420. The number of esters is 1. The van der Waals surface area contributed by atoms with Gasteiger partial charge in [-0.3, -0.25) is 9.69 Å². The zero-order valence-electron chi connectivity index (χ0n) is 20.4. The number of nitrogens with two attached hydrogens (primary N) is 3. The molecule has 7 N–H and O–H groups in total. The largest absolute Gasteiger partial charge is 0.480 e. The first-order valence-electron chi connectivity index (χ1n) is 10.9. The lowest BCUT2D eigenvalue weighted by Gasteiger charge is -2.27. The van der Waals surface area contributed by atoms with Crippen molar-refractivity contribution >= 4 is 64.2 Å². The Kier molecular flexibility index (Phi) is 9.43. The third-order valence-electron chi connectivity index (χ3n) is 5.07. The fourth-order valence-electron chi connectivity index (χ4n) is 3.32. The number of nitrogens with zero attached hydrogens (tertiary/aromatic N) is 3. The molecule has 0 radical (unpaired) electrons. The molecule has 0 bridgehead atoms. The molecule has 0 spiro atoms. The van der Waals surface area contributed by atoms with Crippen molar-refractivity contribution in [3.63, 3.8) is 0 Å². The number of aliphatic imine (C=N–C) groups is 1. The van der Waals surface area contributed by atoms with Gasteiger partial charge < -0.3 is 31.0 Å². The highest BCUT2D eigenvalue weighted by Gasteiger charge is 2.24. The minimum atomic E-state index is -1.24. The van der Waals surface area contributed by atoms with E-state index in [0.717, 1.165) is 21.1 Å². The monoisotopic (exact) mass is 574 g/mol. The SMILES string of the molecule is CN(C(=O)N(CC(=O)O)Cc1csc(C(=O)ON)c1)c1ccc(OC(=O)c2ccc(N=C(N)N)cc2)cc1Cl. The number of carbonyl (C=O) groups excluding carboxylic acids is 3. The summed E-state index contributed by atoms with van der Waals surface area (Å²) in [4.78, 5) is 59.2. The molecule has 0 atom stereocenters. The summed E-state index contributed by atoms with van der Waals surface area (Å²) in [5.74, 6) is 2.22. The van der Waals surface area contributed by atoms with Gasteiger partial charge in [-0.25, -0.2) is 19.4 Å². The Morgan fingerprint density at radius 1 is 1.05 bits per heavy atom. The molecule has 0 aliphatic carbocycles. The Balaban J connectivity index is 1.73. The van der Waals surface area contributed by atoms with Crippen molar-refractivity contribution < 1.29 is 33.9 Å². The lowest BCUT2D eigenvalue weighted by atomic mass is 10.2. The van der Waals surface area contributed by atoms with Crippen molar-refractivity contribution in [1.29, 1.82) is 0 Å². The predicted octanol–water partition coefficient (Wildman–Crippen LogP) is 2.70. The maximum Gasteiger partial charge on any atom is 0.366 e. The second-order valence-electron chi connectivity index (χ2n) is 7.90. The van der Waals surface area contributed by atoms with Crippen LogP contribution >= 0.6 is 22.9 Å². The molecule has 39 heavy (non-hydrogen) atoms. The van der Waals surface area contributed by atoms with E-state index in [4.69, 9.17) is 33.7 Å². The Labute approximate surface area is 230 Å². The topological polar surface area (TPSA) is 204 Å². The van der Waals surface area contributed by atoms with Crippen molar-refractivity contribution in [2.24, 2.45) is 22.4 Å². The van der Waals surface area contributed by atoms with Crippen LogP contribution in [0, 0.1) is 0 Å². The molecule has 0 aliphatic heterocycles. The molecule has 15 heteroatoms. The zero-order chi connectivity index (χ0) is 28.7. The van der Waals surface area contributed by atoms with E-state index in [1.165, 1.54) is 55.6 Å². The number of rotatable bonds is 9. The first kappa shape index (κ1) is 28.9. The molecule has 1 heterocycles. The molecule has 3 aromatic rings. The van der Waals surface area contributed by atoms with Crippen molar-refractivity contribution in [2.45, 2.75) is 6.54 Å². The molecule has 204 valence electrons. The number of hydrogen-bond donors (Lipinski definition) is 4. The van der Waals surface area contributed by atoms with Gasteiger partial charge in [0.05, 0.1) is 22.0 Å². The van der Waals surface area contributed by atoms with Gasteiger partial charge in [0.2, 0.25) is 0 Å². The number of carboxylic acids is 1. The van der Waals surface area contributed by atoms with E-state index >= 15 is 0 Å². The third kappa shape index (κ3) is 7.67. The third-order valence-corrected chi connectivity index (χ3v) is 6.33. The van der Waals surface area contributed by atoms with E-state index < -0.39 is 30.5 Å². The normalized spacial score (nSPS) is 10.3. The van der Waals surface area contributed by atoms with Crippen LogP contribution in [0.1, 0.15) is 25.6 Å². The molecule has 2 amide bonds. The van der Waals surface area contributed by atoms with Crippen LogP contribution in [-0.2, 0) is 16.2 Å². The maximum atomic E-state index is 13.2. The average molecular weight is 575 g/mol. The fourth-order valence-corrected chi connectivity index (χ4v) is 4.41. The molecule has 0 saturated carbocycles. The summed E-state index contributed by atoms with van der Waals surface area (Å²) in [6.07, 6.45) is 0. The van der Waals surface area contributed by atoms with Crippen LogP contribution in [0.3, 0.4) is 0 Å². The smallest absolute Gasteiger partial charge is 0.366 e. The highest BCUT2D eigenvalue weighted by molar-refractivity contribution is 7.12. The van der Waals surface area contributed by atoms with Gasteiger partial charge in [-0.2, -0.15) is 5.90 Å². The van der Waals surface area contributed by atoms with Crippen molar-refractivity contribution in [1.82, 2.24) is 4.90 Å². The molecule has 2 aromatic carbocycles. The quantitative estimate of drug-likeness (QED) is 0.0966. The van der Waals surface area contributed by atoms with Gasteiger partial charge in [-0.05, 0) is 53.4 Å². The number of guanidine groups is 1. The first-order valence-corrected chi connectivity index (χ1v) is 12.2. The lowest BCUT2D eigenvalue weighted by Crippen LogP contribution is -2.43. The number of aliphatic carboxylic acids is 1. The molecule has 13 nitrogen and oxygen atoms in total. The summed E-state index contributed by atoms with van der Waals surface area (Å²) in [6, 6.07) is 11.0. The highest BCUT2D eigenvalue weighted by atomic mass is 35.5. The molecule has 0 unspecified atom stereocenters. The van der Waals surface area contributed by atoms with Crippen molar-refractivity contribution in [2.75, 3.05) is 18.5 Å². The number of ether oxygens (including phenoxy) is 1. The second kappa shape index (κ2) is 12.7. The van der Waals surface area contributed by atoms with E-state index in [-0.39, 0.29) is 39.4 Å². The van der Waals surface area contributed by atoms with Crippen LogP contribution in [0.2, 0.25) is 5.02 Å². The summed E-state index contributed by atoms with van der Waals surface area (Å²) in [5.41, 5.74) is 12.1. The van der Waals surface area contributed by atoms with E-state index in [1.54, 1.807) is 5.38 Å². The molecular formula is C24H23ClN6O7S. The zero-order valence-corrected chi connectivity index (χ0v) is 21.9. The minimum Gasteiger partial charge on any atom is -0.480 e. The number of carbonyl (C=O) groups is 4. The highest BCUT2D eigenvalue weighted by Crippen LogP contribution is 2.31. The standard InChI is InChI=1S/C24H23ClN6O7S/c1-30(24(36)31(11-20(32)33)10-13-8-19(39-12-13)22(35)38-28)18-7-6-16(9-17(18)25)37-21(34)14-2-4-15(5-3-14)29-23(26)27/h2-9,12H,10-11,28H2,1H3,(H,32,33)(H4,26,27,29). The Morgan fingerprint density at radius 3 is 2.33 bits per heavy atom. The summed E-state index contributed by atoms with van der Waals surface area (Å²) in [5, 5.41) is 11.0. The number of amides is 2.